The molecule has 1 atom stereocenters. The number of anilines is 1. The van der Waals surface area contributed by atoms with Crippen molar-refractivity contribution in [1.82, 2.24) is 5.32 Å². The lowest BCUT2D eigenvalue weighted by molar-refractivity contribution is -0.126. The summed E-state index contributed by atoms with van der Waals surface area (Å²) >= 11 is 0. The molecule has 0 spiro atoms. The molecule has 0 fully saturated rings. The van der Waals surface area contributed by atoms with E-state index in [-0.39, 0.29) is 16.5 Å². The molecule has 1 amide bonds. The molecule has 146 valence electrons. The van der Waals surface area contributed by atoms with Gasteiger partial charge in [0.2, 0.25) is 0 Å². The molecule has 27 heavy (non-hydrogen) atoms. The van der Waals surface area contributed by atoms with Crippen LogP contribution in [0.1, 0.15) is 6.92 Å². The van der Waals surface area contributed by atoms with Gasteiger partial charge in [0.25, 0.3) is 15.9 Å². The monoisotopic (exact) mass is 394 g/mol. The van der Waals surface area contributed by atoms with Crippen LogP contribution in [0.25, 0.3) is 0 Å². The second-order valence-corrected chi connectivity index (χ2v) is 7.20. The Bertz CT molecular complexity index is 897. The molecule has 0 bridgehead atoms. The average molecular weight is 394 g/mol. The summed E-state index contributed by atoms with van der Waals surface area (Å²) in [5.41, 5.74) is 0.284. The highest BCUT2D eigenvalue weighted by molar-refractivity contribution is 7.92. The first-order valence-corrected chi connectivity index (χ1v) is 9.52. The number of methoxy groups -OCH3 is 2. The number of benzene rings is 2. The Kier molecular flexibility index (Phi) is 6.51. The minimum Gasteiger partial charge on any atom is -0.497 e. The molecule has 0 heterocycles. The molecular formula is C18H22N2O6S. The van der Waals surface area contributed by atoms with Crippen LogP contribution in [0, 0.1) is 0 Å². The summed E-state index contributed by atoms with van der Waals surface area (Å²) in [6.07, 6.45) is -0.695. The number of hydrogen-bond acceptors (Lipinski definition) is 6. The van der Waals surface area contributed by atoms with Crippen molar-refractivity contribution in [2.75, 3.05) is 26.0 Å². The van der Waals surface area contributed by atoms with Crippen LogP contribution in [-0.4, -0.2) is 41.7 Å². The molecule has 2 N–H and O–H groups in total. The van der Waals surface area contributed by atoms with Crippen molar-refractivity contribution in [3.8, 4) is 17.2 Å². The number of amides is 1. The fraction of sp³-hybridized carbons (Fsp3) is 0.278. The number of rotatable bonds is 8. The van der Waals surface area contributed by atoms with Gasteiger partial charge in [0.15, 0.2) is 6.10 Å². The Labute approximate surface area is 158 Å². The van der Waals surface area contributed by atoms with E-state index >= 15 is 0 Å². The fourth-order valence-corrected chi connectivity index (χ4v) is 3.32. The second-order valence-electron chi connectivity index (χ2n) is 5.52. The van der Waals surface area contributed by atoms with E-state index in [9.17, 15) is 13.2 Å². The molecule has 0 aromatic heterocycles. The number of hydrogen-bond donors (Lipinski definition) is 2. The molecule has 0 aliphatic rings. The van der Waals surface area contributed by atoms with Crippen LogP contribution in [0.3, 0.4) is 0 Å². The van der Waals surface area contributed by atoms with Crippen molar-refractivity contribution in [3.63, 3.8) is 0 Å². The zero-order chi connectivity index (χ0) is 20.0. The van der Waals surface area contributed by atoms with Crippen molar-refractivity contribution in [3.05, 3.63) is 42.5 Å². The lowest BCUT2D eigenvalue weighted by atomic mass is 10.3. The predicted octanol–water partition coefficient (Wildman–Crippen LogP) is 2.02. The number of carbonyl (C=O) groups excluding carboxylic acids is 1. The predicted molar refractivity (Wildman–Crippen MR) is 101 cm³/mol. The Morgan fingerprint density at radius 3 is 2.19 bits per heavy atom. The van der Waals surface area contributed by atoms with E-state index in [1.54, 1.807) is 25.1 Å². The van der Waals surface area contributed by atoms with E-state index in [1.165, 1.54) is 45.5 Å². The first-order chi connectivity index (χ1) is 12.8. The maximum atomic E-state index is 12.6. The number of likely N-dealkylation sites (N-methyl/N-ethyl adjacent to an activating group) is 1. The Hall–Kier alpha value is -2.94. The van der Waals surface area contributed by atoms with Crippen LogP contribution in [-0.2, 0) is 14.8 Å². The molecule has 0 saturated heterocycles. The van der Waals surface area contributed by atoms with Gasteiger partial charge in [0.1, 0.15) is 17.2 Å². The third-order valence-corrected chi connectivity index (χ3v) is 5.10. The third-order valence-electron chi connectivity index (χ3n) is 3.72. The van der Waals surface area contributed by atoms with E-state index in [1.807, 2.05) is 0 Å². The largest absolute Gasteiger partial charge is 0.497 e. The van der Waals surface area contributed by atoms with Gasteiger partial charge in [-0.15, -0.1) is 0 Å². The van der Waals surface area contributed by atoms with Crippen molar-refractivity contribution in [2.24, 2.45) is 0 Å². The maximum absolute atomic E-state index is 12.6. The maximum Gasteiger partial charge on any atom is 0.262 e. The van der Waals surface area contributed by atoms with Crippen molar-refractivity contribution >= 4 is 21.6 Å². The van der Waals surface area contributed by atoms with Gasteiger partial charge in [-0.05, 0) is 43.3 Å². The smallest absolute Gasteiger partial charge is 0.262 e. The molecule has 0 aliphatic heterocycles. The summed E-state index contributed by atoms with van der Waals surface area (Å²) in [7, 11) is 0.618. The number of carbonyl (C=O) groups is 1. The standard InChI is InChI=1S/C18H22N2O6S/c1-12(18(21)19-2)26-13-5-8-15(9-6-13)27(22,23)20-16-10-7-14(24-3)11-17(16)25-4/h5-12,20H,1-4H3,(H,19,21)/t12-/m0/s1. The zero-order valence-electron chi connectivity index (χ0n) is 15.5. The average Bonchev–Trinajstić information content (AvgIpc) is 2.67. The fourth-order valence-electron chi connectivity index (χ4n) is 2.24. The van der Waals surface area contributed by atoms with Gasteiger partial charge in [0, 0.05) is 13.1 Å². The molecule has 0 aliphatic carbocycles. The SMILES string of the molecule is CNC(=O)[C@H](C)Oc1ccc(S(=O)(=O)Nc2ccc(OC)cc2OC)cc1. The molecule has 0 saturated carbocycles. The number of ether oxygens (including phenoxy) is 3. The van der Waals surface area contributed by atoms with Gasteiger partial charge in [-0.25, -0.2) is 8.42 Å². The van der Waals surface area contributed by atoms with E-state index in [0.29, 0.717) is 17.2 Å². The first kappa shape index (κ1) is 20.4. The minimum atomic E-state index is -3.84. The van der Waals surface area contributed by atoms with Crippen molar-refractivity contribution in [1.29, 1.82) is 0 Å². The highest BCUT2D eigenvalue weighted by atomic mass is 32.2. The minimum absolute atomic E-state index is 0.0420. The summed E-state index contributed by atoms with van der Waals surface area (Å²) in [4.78, 5) is 11.5. The van der Waals surface area contributed by atoms with Crippen LogP contribution < -0.4 is 24.2 Å². The number of sulfonamides is 1. The highest BCUT2D eigenvalue weighted by Gasteiger charge is 2.18. The summed E-state index contributed by atoms with van der Waals surface area (Å²) in [6.45, 7) is 1.60. The van der Waals surface area contributed by atoms with Gasteiger partial charge >= 0.3 is 0 Å². The van der Waals surface area contributed by atoms with E-state index < -0.39 is 16.1 Å². The second kappa shape index (κ2) is 8.63. The lowest BCUT2D eigenvalue weighted by Gasteiger charge is -2.15. The van der Waals surface area contributed by atoms with Crippen molar-refractivity contribution in [2.45, 2.75) is 17.9 Å². The molecule has 8 nitrogen and oxygen atoms in total. The van der Waals surface area contributed by atoms with E-state index in [0.717, 1.165) is 0 Å². The quantitative estimate of drug-likeness (QED) is 0.710. The highest BCUT2D eigenvalue weighted by Crippen LogP contribution is 2.31. The Morgan fingerprint density at radius 2 is 1.63 bits per heavy atom. The Balaban J connectivity index is 2.18. The van der Waals surface area contributed by atoms with E-state index in [2.05, 4.69) is 10.0 Å². The van der Waals surface area contributed by atoms with Crippen molar-refractivity contribution < 1.29 is 27.4 Å². The molecule has 9 heteroatoms. The summed E-state index contributed by atoms with van der Waals surface area (Å²) < 4.78 is 43.4. The van der Waals surface area contributed by atoms with Gasteiger partial charge in [-0.2, -0.15) is 0 Å². The van der Waals surface area contributed by atoms with Gasteiger partial charge in [-0.3, -0.25) is 9.52 Å². The summed E-state index contributed by atoms with van der Waals surface area (Å²) in [6, 6.07) is 10.5. The summed E-state index contributed by atoms with van der Waals surface area (Å²) in [5, 5.41) is 2.48. The summed E-state index contributed by atoms with van der Waals surface area (Å²) in [5.74, 6) is 0.978. The number of nitrogens with one attached hydrogen (secondary N) is 2. The van der Waals surface area contributed by atoms with Gasteiger partial charge in [-0.1, -0.05) is 0 Å². The molecular weight excluding hydrogens is 372 g/mol. The first-order valence-electron chi connectivity index (χ1n) is 8.04. The lowest BCUT2D eigenvalue weighted by Crippen LogP contribution is -2.33. The molecule has 0 unspecified atom stereocenters. The van der Waals surface area contributed by atoms with Crippen LogP contribution in [0.2, 0.25) is 0 Å². The van der Waals surface area contributed by atoms with Crippen LogP contribution in [0.15, 0.2) is 47.4 Å². The third kappa shape index (κ3) is 5.04. The molecule has 0 radical (unpaired) electrons. The normalized spacial score (nSPS) is 12.0. The zero-order valence-corrected chi connectivity index (χ0v) is 16.3. The van der Waals surface area contributed by atoms with Crippen LogP contribution in [0.5, 0.6) is 17.2 Å². The molecule has 2 rings (SSSR count). The van der Waals surface area contributed by atoms with E-state index in [4.69, 9.17) is 14.2 Å². The van der Waals surface area contributed by atoms with Crippen LogP contribution in [0.4, 0.5) is 5.69 Å². The van der Waals surface area contributed by atoms with Gasteiger partial charge in [0.05, 0.1) is 24.8 Å². The molecule has 2 aromatic carbocycles. The van der Waals surface area contributed by atoms with Gasteiger partial charge < -0.3 is 19.5 Å². The van der Waals surface area contributed by atoms with Crippen LogP contribution >= 0.6 is 0 Å². The Morgan fingerprint density at radius 1 is 1.00 bits per heavy atom. The topological polar surface area (TPSA) is 103 Å². The molecule has 2 aromatic rings.